The number of nitrogens with two attached hydrogens (primary N) is 1. The van der Waals surface area contributed by atoms with Crippen LogP contribution in [0, 0.1) is 11.7 Å². The molecule has 0 saturated carbocycles. The molecule has 2 aliphatic heterocycles. The van der Waals surface area contributed by atoms with Crippen molar-refractivity contribution in [3.05, 3.63) is 53.4 Å². The Labute approximate surface area is 220 Å². The number of nitrogens with zero attached hydrogens (tertiary/aromatic N) is 3. The molecule has 11 nitrogen and oxygen atoms in total. The lowest BCUT2D eigenvalue weighted by Crippen LogP contribution is -2.45. The van der Waals surface area contributed by atoms with Crippen molar-refractivity contribution in [2.24, 2.45) is 16.6 Å². The number of rotatable bonds is 6. The fourth-order valence-electron chi connectivity index (χ4n) is 3.88. The van der Waals surface area contributed by atoms with E-state index in [1.54, 1.807) is 0 Å². The van der Waals surface area contributed by atoms with Gasteiger partial charge >= 0.3 is 18.1 Å². The van der Waals surface area contributed by atoms with Gasteiger partial charge in [-0.3, -0.25) is 24.4 Å². The van der Waals surface area contributed by atoms with Gasteiger partial charge in [0, 0.05) is 23.7 Å². The SMILES string of the molecule is NC1=NC[C@H]2[C@@H](C(F)(F)F)OC[C@]2(c2cc(NC(=O)c3cnc(CF)cn3)ccc2F)S1.O=C(O)CC(=O)O. The Bertz CT molecular complexity index is 1270. The number of carboxylic acid groups (broad SMARTS) is 2. The Hall–Kier alpha value is -3.86. The molecule has 1 saturated heterocycles. The number of benzene rings is 1. The van der Waals surface area contributed by atoms with Gasteiger partial charge in [0.05, 0.1) is 29.4 Å². The first-order valence-corrected chi connectivity index (χ1v) is 11.7. The number of thioether (sulfide) groups is 1. The number of ether oxygens (including phenoxy) is 1. The third-order valence-corrected chi connectivity index (χ3v) is 6.90. The highest BCUT2D eigenvalue weighted by atomic mass is 32.2. The third-order valence-electron chi connectivity index (χ3n) is 5.55. The Morgan fingerprint density at radius 2 is 1.87 bits per heavy atom. The molecule has 17 heteroatoms. The number of aliphatic imine (C=N–C) groups is 1. The number of hydrogen-bond acceptors (Lipinski definition) is 9. The lowest BCUT2D eigenvalue weighted by atomic mass is 9.83. The van der Waals surface area contributed by atoms with E-state index in [1.807, 2.05) is 0 Å². The monoisotopic (exact) mass is 577 g/mol. The molecule has 210 valence electrons. The number of fused-ring (bicyclic) bond motifs is 1. The van der Waals surface area contributed by atoms with Gasteiger partial charge in [0.1, 0.15) is 24.6 Å². The molecule has 0 aliphatic carbocycles. The van der Waals surface area contributed by atoms with Crippen LogP contribution in [0.5, 0.6) is 0 Å². The smallest absolute Gasteiger partial charge is 0.415 e. The quantitative estimate of drug-likeness (QED) is 0.295. The number of carboxylic acids is 2. The van der Waals surface area contributed by atoms with Gasteiger partial charge in [-0.25, -0.2) is 13.8 Å². The van der Waals surface area contributed by atoms with Crippen molar-refractivity contribution in [2.75, 3.05) is 18.5 Å². The summed E-state index contributed by atoms with van der Waals surface area (Å²) >= 11 is 0.812. The normalized spacial score (nSPS) is 22.1. The van der Waals surface area contributed by atoms with Crippen LogP contribution in [0.15, 0.2) is 35.6 Å². The number of aliphatic carboxylic acids is 2. The van der Waals surface area contributed by atoms with Crippen LogP contribution in [0.3, 0.4) is 0 Å². The molecule has 39 heavy (non-hydrogen) atoms. The number of halogens is 5. The van der Waals surface area contributed by atoms with Crippen LogP contribution < -0.4 is 11.1 Å². The van der Waals surface area contributed by atoms with Crippen LogP contribution in [-0.4, -0.2) is 68.6 Å². The molecule has 2 aromatic rings. The molecule has 1 aromatic heterocycles. The Morgan fingerprint density at radius 1 is 1.18 bits per heavy atom. The van der Waals surface area contributed by atoms with E-state index >= 15 is 0 Å². The predicted octanol–water partition coefficient (Wildman–Crippen LogP) is 2.72. The zero-order valence-corrected chi connectivity index (χ0v) is 20.4. The summed E-state index contributed by atoms with van der Waals surface area (Å²) in [6.07, 6.45) is -5.42. The molecule has 5 N–H and O–H groups in total. The summed E-state index contributed by atoms with van der Waals surface area (Å²) in [5, 5.41) is 17.9. The molecule has 2 aliphatic rings. The van der Waals surface area contributed by atoms with E-state index in [4.69, 9.17) is 20.7 Å². The number of amidine groups is 1. The summed E-state index contributed by atoms with van der Waals surface area (Å²) < 4.78 is 71.5. The molecule has 1 aromatic carbocycles. The maximum atomic E-state index is 14.9. The van der Waals surface area contributed by atoms with Crippen molar-refractivity contribution in [3.63, 3.8) is 0 Å². The molecule has 3 heterocycles. The second kappa shape index (κ2) is 11.9. The second-order valence-corrected chi connectivity index (χ2v) is 9.54. The Balaban J connectivity index is 0.000000532. The lowest BCUT2D eigenvalue weighted by Gasteiger charge is -2.37. The largest absolute Gasteiger partial charge is 0.481 e. The fraction of sp³-hybridized carbons (Fsp3) is 0.364. The van der Waals surface area contributed by atoms with Gasteiger partial charge in [-0.15, -0.1) is 0 Å². The molecule has 0 spiro atoms. The van der Waals surface area contributed by atoms with E-state index in [1.165, 1.54) is 12.1 Å². The van der Waals surface area contributed by atoms with Crippen LogP contribution in [0.1, 0.15) is 28.2 Å². The summed E-state index contributed by atoms with van der Waals surface area (Å²) in [6, 6.07) is 3.54. The number of amides is 1. The van der Waals surface area contributed by atoms with Crippen molar-refractivity contribution >= 4 is 40.5 Å². The van der Waals surface area contributed by atoms with Crippen LogP contribution in [-0.2, 0) is 25.7 Å². The molecular weight excluding hydrogens is 557 g/mol. The highest BCUT2D eigenvalue weighted by Gasteiger charge is 2.62. The number of nitrogens with one attached hydrogen (secondary N) is 1. The van der Waals surface area contributed by atoms with Gasteiger partial charge in [0.2, 0.25) is 0 Å². The fourth-order valence-corrected chi connectivity index (χ4v) is 5.14. The van der Waals surface area contributed by atoms with Gasteiger partial charge in [-0.05, 0) is 18.2 Å². The maximum absolute atomic E-state index is 14.9. The van der Waals surface area contributed by atoms with Crippen molar-refractivity contribution in [1.82, 2.24) is 9.97 Å². The summed E-state index contributed by atoms with van der Waals surface area (Å²) in [6.45, 7) is -1.56. The van der Waals surface area contributed by atoms with Gasteiger partial charge in [-0.2, -0.15) is 13.2 Å². The van der Waals surface area contributed by atoms with E-state index in [2.05, 4.69) is 20.3 Å². The topological polar surface area (TPSA) is 177 Å². The average Bonchev–Trinajstić information content (AvgIpc) is 3.25. The molecule has 0 unspecified atom stereocenters. The standard InChI is InChI=1S/C19H16F5N5O2S.C3H4O4/c20-4-10-5-27-14(7-26-10)16(30)29-9-1-2-13(21)11(3-9)18-8-31-15(19(22,23)24)12(18)6-28-17(25)32-18;4-2(5)1-3(6)7/h1-3,5,7,12,15H,4,6,8H2,(H2,25,28)(H,29,30);1H2,(H,4,5)(H,6,7)/t12-,15-,18+;/m0./s1. The predicted molar refractivity (Wildman–Crippen MR) is 126 cm³/mol. The van der Waals surface area contributed by atoms with E-state index in [9.17, 15) is 36.3 Å². The minimum absolute atomic E-state index is 0.0183. The highest BCUT2D eigenvalue weighted by Crippen LogP contribution is 2.55. The average molecular weight is 577 g/mol. The minimum atomic E-state index is -4.67. The number of carbonyl (C=O) groups excluding carboxylic acids is 1. The van der Waals surface area contributed by atoms with Crippen LogP contribution >= 0.6 is 11.8 Å². The van der Waals surface area contributed by atoms with Crippen molar-refractivity contribution in [3.8, 4) is 0 Å². The first kappa shape index (κ1) is 29.7. The zero-order chi connectivity index (χ0) is 29.0. The van der Waals surface area contributed by atoms with E-state index in [0.29, 0.717) is 0 Å². The molecule has 3 atom stereocenters. The van der Waals surface area contributed by atoms with Gasteiger partial charge in [0.15, 0.2) is 11.3 Å². The van der Waals surface area contributed by atoms with E-state index in [0.717, 1.165) is 30.2 Å². The van der Waals surface area contributed by atoms with Crippen LogP contribution in [0.4, 0.5) is 27.6 Å². The van der Waals surface area contributed by atoms with Crippen molar-refractivity contribution < 1.29 is 51.3 Å². The summed E-state index contributed by atoms with van der Waals surface area (Å²) in [7, 11) is 0. The number of alkyl halides is 4. The van der Waals surface area contributed by atoms with Gasteiger partial charge in [-0.1, -0.05) is 11.8 Å². The maximum Gasteiger partial charge on any atom is 0.415 e. The van der Waals surface area contributed by atoms with Crippen molar-refractivity contribution in [2.45, 2.75) is 30.1 Å². The summed E-state index contributed by atoms with van der Waals surface area (Å²) in [5.41, 5.74) is 5.74. The molecular formula is C22H20F5N5O6S. The van der Waals surface area contributed by atoms with Crippen molar-refractivity contribution in [1.29, 1.82) is 0 Å². The van der Waals surface area contributed by atoms with Crippen LogP contribution in [0.2, 0.25) is 0 Å². The number of hydrogen-bond donors (Lipinski definition) is 4. The highest BCUT2D eigenvalue weighted by molar-refractivity contribution is 8.14. The lowest BCUT2D eigenvalue weighted by molar-refractivity contribution is -0.215. The zero-order valence-electron chi connectivity index (χ0n) is 19.6. The summed E-state index contributed by atoms with van der Waals surface area (Å²) in [5.74, 6) is -5.31. The Morgan fingerprint density at radius 3 is 2.41 bits per heavy atom. The summed E-state index contributed by atoms with van der Waals surface area (Å²) in [4.78, 5) is 42.7. The minimum Gasteiger partial charge on any atom is -0.481 e. The number of aromatic nitrogens is 2. The Kier molecular flexibility index (Phi) is 9.06. The van der Waals surface area contributed by atoms with E-state index in [-0.39, 0.29) is 34.4 Å². The van der Waals surface area contributed by atoms with Crippen LogP contribution in [0.25, 0.3) is 0 Å². The van der Waals surface area contributed by atoms with Gasteiger partial charge < -0.3 is 26.0 Å². The third kappa shape index (κ3) is 6.97. The molecule has 4 rings (SSSR count). The molecule has 1 amide bonds. The van der Waals surface area contributed by atoms with Gasteiger partial charge in [0.25, 0.3) is 5.91 Å². The first-order chi connectivity index (χ1) is 18.3. The number of carbonyl (C=O) groups is 3. The second-order valence-electron chi connectivity index (χ2n) is 8.19. The number of anilines is 1. The molecule has 0 bridgehead atoms. The van der Waals surface area contributed by atoms with E-state index < -0.39 is 66.3 Å². The molecule has 1 fully saturated rings. The first-order valence-electron chi connectivity index (χ1n) is 10.9. The molecule has 0 radical (unpaired) electrons.